The molecular formula is C15H24N2O2. The van der Waals surface area contributed by atoms with Gasteiger partial charge in [-0.25, -0.2) is 0 Å². The average molecular weight is 264 g/mol. The van der Waals surface area contributed by atoms with Gasteiger partial charge in [-0.15, -0.1) is 0 Å². The topological polar surface area (TPSA) is 44.1 Å². The summed E-state index contributed by atoms with van der Waals surface area (Å²) in [6.45, 7) is 10.8. The summed E-state index contributed by atoms with van der Waals surface area (Å²) in [5.41, 5.74) is 2.57. The van der Waals surface area contributed by atoms with Crippen LogP contribution in [-0.4, -0.2) is 27.3 Å². The second-order valence-electron chi connectivity index (χ2n) is 6.04. The molecule has 2 rings (SSSR count). The molecule has 0 aromatic carbocycles. The molecule has 4 heteroatoms. The average Bonchev–Trinajstić information content (AvgIpc) is 2.80. The van der Waals surface area contributed by atoms with Crippen molar-refractivity contribution >= 4 is 5.78 Å². The number of carbonyl (C=O) groups is 1. The lowest BCUT2D eigenvalue weighted by Crippen LogP contribution is -2.23. The van der Waals surface area contributed by atoms with Crippen LogP contribution in [0.3, 0.4) is 0 Å². The van der Waals surface area contributed by atoms with E-state index in [-0.39, 0.29) is 17.5 Å². The standard InChI is InChI=1S/C15H24N2O2/c1-6-13(18)14-10(2)16-17(11(14)3)9-12-7-8-15(4,5)19-12/h12H,6-9H2,1-5H3. The van der Waals surface area contributed by atoms with Gasteiger partial charge in [-0.1, -0.05) is 6.92 Å². The van der Waals surface area contributed by atoms with Gasteiger partial charge in [0.1, 0.15) is 0 Å². The fourth-order valence-corrected chi connectivity index (χ4v) is 2.85. The highest BCUT2D eigenvalue weighted by molar-refractivity contribution is 5.97. The number of rotatable bonds is 4. The van der Waals surface area contributed by atoms with Gasteiger partial charge < -0.3 is 4.74 Å². The minimum atomic E-state index is -0.0250. The molecule has 0 spiro atoms. The summed E-state index contributed by atoms with van der Waals surface area (Å²) in [6.07, 6.45) is 2.87. The van der Waals surface area contributed by atoms with E-state index < -0.39 is 0 Å². The highest BCUT2D eigenvalue weighted by Crippen LogP contribution is 2.30. The zero-order valence-corrected chi connectivity index (χ0v) is 12.6. The van der Waals surface area contributed by atoms with Gasteiger partial charge in [0.25, 0.3) is 0 Å². The zero-order valence-electron chi connectivity index (χ0n) is 12.6. The normalized spacial score (nSPS) is 21.8. The molecule has 1 aromatic rings. The Morgan fingerprint density at radius 1 is 1.47 bits per heavy atom. The molecule has 0 bridgehead atoms. The second kappa shape index (κ2) is 5.08. The molecule has 1 atom stereocenters. The van der Waals surface area contributed by atoms with Crippen LogP contribution in [-0.2, 0) is 11.3 Å². The third-order valence-corrected chi connectivity index (χ3v) is 3.91. The highest BCUT2D eigenvalue weighted by Gasteiger charge is 2.32. The third-order valence-electron chi connectivity index (χ3n) is 3.91. The number of aromatic nitrogens is 2. The minimum absolute atomic E-state index is 0.0250. The van der Waals surface area contributed by atoms with Crippen LogP contribution < -0.4 is 0 Å². The predicted molar refractivity (Wildman–Crippen MR) is 74.5 cm³/mol. The Balaban J connectivity index is 2.16. The number of ketones is 1. The lowest BCUT2D eigenvalue weighted by atomic mass is 10.1. The van der Waals surface area contributed by atoms with Crippen LogP contribution in [0.25, 0.3) is 0 Å². The van der Waals surface area contributed by atoms with Crippen LogP contribution in [0.2, 0.25) is 0 Å². The van der Waals surface area contributed by atoms with Crippen molar-refractivity contribution < 1.29 is 9.53 Å². The fraction of sp³-hybridized carbons (Fsp3) is 0.733. The largest absolute Gasteiger partial charge is 0.370 e. The molecule has 0 radical (unpaired) electrons. The van der Waals surface area contributed by atoms with Crippen LogP contribution >= 0.6 is 0 Å². The number of nitrogens with zero attached hydrogens (tertiary/aromatic N) is 2. The summed E-state index contributed by atoms with van der Waals surface area (Å²) in [5.74, 6) is 0.175. The van der Waals surface area contributed by atoms with Gasteiger partial charge >= 0.3 is 0 Å². The smallest absolute Gasteiger partial charge is 0.166 e. The van der Waals surface area contributed by atoms with Crippen LogP contribution in [0.15, 0.2) is 0 Å². The van der Waals surface area contributed by atoms with E-state index in [9.17, 15) is 4.79 Å². The van der Waals surface area contributed by atoms with Gasteiger partial charge in [-0.3, -0.25) is 9.48 Å². The Morgan fingerprint density at radius 3 is 2.68 bits per heavy atom. The molecule has 1 fully saturated rings. The Bertz CT molecular complexity index is 489. The molecule has 1 aliphatic rings. The van der Waals surface area contributed by atoms with Gasteiger partial charge in [0.2, 0.25) is 0 Å². The maximum atomic E-state index is 11.9. The molecule has 4 nitrogen and oxygen atoms in total. The number of aryl methyl sites for hydroxylation is 1. The Morgan fingerprint density at radius 2 is 2.16 bits per heavy atom. The molecule has 0 saturated carbocycles. The lowest BCUT2D eigenvalue weighted by Gasteiger charge is -2.19. The first-order valence-corrected chi connectivity index (χ1v) is 7.09. The van der Waals surface area contributed by atoms with Crippen molar-refractivity contribution in [3.05, 3.63) is 17.0 Å². The van der Waals surface area contributed by atoms with E-state index in [4.69, 9.17) is 4.74 Å². The number of ether oxygens (including phenoxy) is 1. The van der Waals surface area contributed by atoms with Crippen molar-refractivity contribution in [3.8, 4) is 0 Å². The van der Waals surface area contributed by atoms with Crippen molar-refractivity contribution in [1.82, 2.24) is 9.78 Å². The first kappa shape index (κ1) is 14.3. The number of Topliss-reactive ketones (excluding diaryl/α,β-unsaturated/α-hetero) is 1. The monoisotopic (exact) mass is 264 g/mol. The number of carbonyl (C=O) groups excluding carboxylic acids is 1. The first-order valence-electron chi connectivity index (χ1n) is 7.09. The molecule has 0 N–H and O–H groups in total. The van der Waals surface area contributed by atoms with Gasteiger partial charge in [0, 0.05) is 12.1 Å². The first-order chi connectivity index (χ1) is 8.84. The Labute approximate surface area is 115 Å². The molecule has 0 aliphatic carbocycles. The molecule has 1 saturated heterocycles. The van der Waals surface area contributed by atoms with Crippen LogP contribution in [0, 0.1) is 13.8 Å². The lowest BCUT2D eigenvalue weighted by molar-refractivity contribution is -0.0232. The van der Waals surface area contributed by atoms with Crippen molar-refractivity contribution in [1.29, 1.82) is 0 Å². The van der Waals surface area contributed by atoms with Crippen molar-refractivity contribution in [2.75, 3.05) is 0 Å². The van der Waals surface area contributed by atoms with E-state index in [2.05, 4.69) is 18.9 Å². The summed E-state index contributed by atoms with van der Waals surface area (Å²) in [4.78, 5) is 11.9. The van der Waals surface area contributed by atoms with E-state index in [0.717, 1.165) is 36.3 Å². The molecule has 2 heterocycles. The molecule has 1 unspecified atom stereocenters. The van der Waals surface area contributed by atoms with E-state index >= 15 is 0 Å². The van der Waals surface area contributed by atoms with Crippen molar-refractivity contribution in [2.24, 2.45) is 0 Å². The number of hydrogen-bond acceptors (Lipinski definition) is 3. The minimum Gasteiger partial charge on any atom is -0.370 e. The van der Waals surface area contributed by atoms with Crippen LogP contribution in [0.5, 0.6) is 0 Å². The van der Waals surface area contributed by atoms with E-state index in [1.54, 1.807) is 0 Å². The van der Waals surface area contributed by atoms with Gasteiger partial charge in [0.05, 0.1) is 29.5 Å². The van der Waals surface area contributed by atoms with E-state index in [0.29, 0.717) is 6.42 Å². The summed E-state index contributed by atoms with van der Waals surface area (Å²) in [5, 5.41) is 4.51. The highest BCUT2D eigenvalue weighted by atomic mass is 16.5. The fourth-order valence-electron chi connectivity index (χ4n) is 2.85. The maximum Gasteiger partial charge on any atom is 0.166 e. The molecule has 106 valence electrons. The second-order valence-corrected chi connectivity index (χ2v) is 6.04. The van der Waals surface area contributed by atoms with E-state index in [1.807, 2.05) is 25.5 Å². The van der Waals surface area contributed by atoms with Gasteiger partial charge in [-0.2, -0.15) is 5.10 Å². The van der Waals surface area contributed by atoms with Crippen molar-refractivity contribution in [3.63, 3.8) is 0 Å². The Hall–Kier alpha value is -1.16. The number of hydrogen-bond donors (Lipinski definition) is 0. The van der Waals surface area contributed by atoms with Gasteiger partial charge in [-0.05, 0) is 40.5 Å². The maximum absolute atomic E-state index is 11.9. The van der Waals surface area contributed by atoms with E-state index in [1.165, 1.54) is 0 Å². The molecule has 1 aromatic heterocycles. The predicted octanol–water partition coefficient (Wildman–Crippen LogP) is 3.05. The summed E-state index contributed by atoms with van der Waals surface area (Å²) in [7, 11) is 0. The Kier molecular flexibility index (Phi) is 3.81. The van der Waals surface area contributed by atoms with Crippen molar-refractivity contribution in [2.45, 2.75) is 72.1 Å². The quantitative estimate of drug-likeness (QED) is 0.785. The zero-order chi connectivity index (χ0) is 14.2. The SMILES string of the molecule is CCC(=O)c1c(C)nn(CC2CCC(C)(C)O2)c1C. The summed E-state index contributed by atoms with van der Waals surface area (Å²) in [6, 6.07) is 0. The molecule has 0 amide bonds. The van der Waals surface area contributed by atoms with Gasteiger partial charge in [0.15, 0.2) is 5.78 Å². The summed E-state index contributed by atoms with van der Waals surface area (Å²) < 4.78 is 7.93. The van der Waals surface area contributed by atoms with Crippen LogP contribution in [0.4, 0.5) is 0 Å². The summed E-state index contributed by atoms with van der Waals surface area (Å²) >= 11 is 0. The third kappa shape index (κ3) is 2.89. The molecular weight excluding hydrogens is 240 g/mol. The van der Waals surface area contributed by atoms with Crippen LogP contribution in [0.1, 0.15) is 61.8 Å². The molecule has 19 heavy (non-hydrogen) atoms. The molecule has 1 aliphatic heterocycles.